The van der Waals surface area contributed by atoms with Crippen molar-refractivity contribution < 1.29 is 9.53 Å². The van der Waals surface area contributed by atoms with Crippen molar-refractivity contribution >= 4 is 11.7 Å². The molecule has 0 saturated carbocycles. The molecular weight excluding hydrogens is 272 g/mol. The van der Waals surface area contributed by atoms with E-state index in [1.807, 2.05) is 6.92 Å². The molecule has 21 heavy (non-hydrogen) atoms. The molecule has 2 aromatic rings. The second-order valence-electron chi connectivity index (χ2n) is 4.14. The van der Waals surface area contributed by atoms with E-state index in [4.69, 9.17) is 4.74 Å². The lowest BCUT2D eigenvalue weighted by atomic mass is 10.4. The highest BCUT2D eigenvalue weighted by molar-refractivity contribution is 5.91. The summed E-state index contributed by atoms with van der Waals surface area (Å²) in [5, 5.41) is 9.69. The van der Waals surface area contributed by atoms with Crippen molar-refractivity contribution in [3.05, 3.63) is 29.8 Å². The molecule has 0 aromatic carbocycles. The number of carbonyl (C=O) groups excluding carboxylic acids is 1. The summed E-state index contributed by atoms with van der Waals surface area (Å²) in [5.41, 5.74) is 0.327. The van der Waals surface area contributed by atoms with Crippen LogP contribution in [0, 0.1) is 0 Å². The van der Waals surface area contributed by atoms with Gasteiger partial charge in [0.05, 0.1) is 0 Å². The Balaban J connectivity index is 2.33. The zero-order chi connectivity index (χ0) is 15.2. The molecule has 0 aliphatic heterocycles. The van der Waals surface area contributed by atoms with Crippen LogP contribution in [0.15, 0.2) is 18.3 Å². The number of aromatic nitrogens is 4. The lowest BCUT2D eigenvalue weighted by Gasteiger charge is -2.07. The molecule has 0 fully saturated rings. The molecule has 0 saturated heterocycles. The van der Waals surface area contributed by atoms with Crippen molar-refractivity contribution in [3.63, 3.8) is 0 Å². The summed E-state index contributed by atoms with van der Waals surface area (Å²) >= 11 is 0. The Hall–Kier alpha value is -2.48. The van der Waals surface area contributed by atoms with Crippen molar-refractivity contribution in [2.75, 3.05) is 26.0 Å². The number of nitrogens with one attached hydrogen (secondary N) is 2. The zero-order valence-electron chi connectivity index (χ0n) is 12.3. The quantitative estimate of drug-likeness (QED) is 0.809. The molecule has 1 amide bonds. The Bertz CT molecular complexity index is 625. The maximum Gasteiger partial charge on any atom is 0.271 e. The molecule has 112 valence electrons. The average Bonchev–Trinajstić information content (AvgIpc) is 3.01. The molecule has 2 N–H and O–H groups in total. The van der Waals surface area contributed by atoms with Crippen LogP contribution in [-0.2, 0) is 11.3 Å². The molecule has 0 aliphatic rings. The van der Waals surface area contributed by atoms with Gasteiger partial charge in [-0.3, -0.25) is 4.79 Å². The molecule has 0 unspecified atom stereocenters. The third-order valence-corrected chi connectivity index (χ3v) is 2.73. The molecule has 8 nitrogen and oxygen atoms in total. The molecular formula is C13H18N6O2. The summed E-state index contributed by atoms with van der Waals surface area (Å²) in [6.45, 7) is 2.82. The Morgan fingerprint density at radius 3 is 2.86 bits per heavy atom. The molecule has 0 spiro atoms. The number of hydrogen-bond donors (Lipinski definition) is 2. The van der Waals surface area contributed by atoms with Crippen molar-refractivity contribution in [1.29, 1.82) is 0 Å². The summed E-state index contributed by atoms with van der Waals surface area (Å²) in [5.74, 6) is 1.53. The summed E-state index contributed by atoms with van der Waals surface area (Å²) in [6, 6.07) is 3.37. The molecule has 0 bridgehead atoms. The van der Waals surface area contributed by atoms with Crippen LogP contribution < -0.4 is 10.6 Å². The van der Waals surface area contributed by atoms with Crippen molar-refractivity contribution in [1.82, 2.24) is 25.1 Å². The van der Waals surface area contributed by atoms with E-state index >= 15 is 0 Å². The Labute approximate surface area is 122 Å². The molecule has 2 rings (SSSR count). The number of hydrogen-bond acceptors (Lipinski definition) is 6. The third kappa shape index (κ3) is 3.54. The predicted octanol–water partition coefficient (Wildman–Crippen LogP) is 0.600. The summed E-state index contributed by atoms with van der Waals surface area (Å²) in [4.78, 5) is 20.2. The monoisotopic (exact) mass is 290 g/mol. The van der Waals surface area contributed by atoms with Crippen LogP contribution in [-0.4, -0.2) is 46.4 Å². The maximum absolute atomic E-state index is 11.5. The molecule has 0 radical (unpaired) electrons. The van der Waals surface area contributed by atoms with Gasteiger partial charge in [-0.05, 0) is 13.0 Å². The lowest BCUT2D eigenvalue weighted by molar-refractivity contribution is 0.0957. The summed E-state index contributed by atoms with van der Waals surface area (Å²) in [7, 11) is 3.33. The van der Waals surface area contributed by atoms with Gasteiger partial charge >= 0.3 is 0 Å². The third-order valence-electron chi connectivity index (χ3n) is 2.73. The second-order valence-corrected chi connectivity index (χ2v) is 4.14. The Morgan fingerprint density at radius 1 is 1.38 bits per heavy atom. The summed E-state index contributed by atoms with van der Waals surface area (Å²) < 4.78 is 6.85. The van der Waals surface area contributed by atoms with Gasteiger partial charge in [0, 0.05) is 33.0 Å². The highest BCUT2D eigenvalue weighted by atomic mass is 16.5. The summed E-state index contributed by atoms with van der Waals surface area (Å²) in [6.07, 6.45) is 1.68. The van der Waals surface area contributed by atoms with Gasteiger partial charge in [0.1, 0.15) is 12.4 Å². The van der Waals surface area contributed by atoms with Gasteiger partial charge in [0.25, 0.3) is 5.91 Å². The molecule has 2 aromatic heterocycles. The van der Waals surface area contributed by atoms with Crippen LogP contribution in [0.5, 0.6) is 0 Å². The van der Waals surface area contributed by atoms with Crippen LogP contribution in [0.25, 0.3) is 5.82 Å². The van der Waals surface area contributed by atoms with Crippen LogP contribution in [0.3, 0.4) is 0 Å². The fourth-order valence-electron chi connectivity index (χ4n) is 1.69. The van der Waals surface area contributed by atoms with E-state index in [1.165, 1.54) is 4.68 Å². The Morgan fingerprint density at radius 2 is 2.19 bits per heavy atom. The van der Waals surface area contributed by atoms with Crippen molar-refractivity contribution in [3.8, 4) is 5.82 Å². The highest BCUT2D eigenvalue weighted by Gasteiger charge is 2.11. The standard InChI is InChI=1S/C13H18N6O2/c1-4-21-8-11-16-10(14-2)7-12(17-11)19-6-5-9(18-19)13(20)15-3/h5-7H,4,8H2,1-3H3,(H,15,20)(H,14,16,17). The first kappa shape index (κ1) is 14.9. The highest BCUT2D eigenvalue weighted by Crippen LogP contribution is 2.11. The molecule has 2 heterocycles. The van der Waals surface area contributed by atoms with Crippen LogP contribution >= 0.6 is 0 Å². The molecule has 0 aliphatic carbocycles. The van der Waals surface area contributed by atoms with E-state index in [2.05, 4.69) is 25.7 Å². The number of nitrogens with zero attached hydrogens (tertiary/aromatic N) is 4. The first-order valence-electron chi connectivity index (χ1n) is 6.59. The SMILES string of the molecule is CCOCc1nc(NC)cc(-n2ccc(C(=O)NC)n2)n1. The number of ether oxygens (including phenoxy) is 1. The number of carbonyl (C=O) groups is 1. The second kappa shape index (κ2) is 6.80. The van der Waals surface area contributed by atoms with E-state index in [0.717, 1.165) is 0 Å². The fourth-order valence-corrected chi connectivity index (χ4v) is 1.69. The van der Waals surface area contributed by atoms with Gasteiger partial charge < -0.3 is 15.4 Å². The topological polar surface area (TPSA) is 94.0 Å². The first-order valence-corrected chi connectivity index (χ1v) is 6.59. The number of rotatable bonds is 6. The van der Waals surface area contributed by atoms with Crippen LogP contribution in [0.2, 0.25) is 0 Å². The lowest BCUT2D eigenvalue weighted by Crippen LogP contribution is -2.18. The van der Waals surface area contributed by atoms with E-state index < -0.39 is 0 Å². The van der Waals surface area contributed by atoms with E-state index in [9.17, 15) is 4.79 Å². The molecule has 8 heteroatoms. The Kier molecular flexibility index (Phi) is 4.83. The van der Waals surface area contributed by atoms with E-state index in [0.29, 0.717) is 36.4 Å². The first-order chi connectivity index (χ1) is 10.2. The normalized spacial score (nSPS) is 10.4. The minimum absolute atomic E-state index is 0.244. The number of amides is 1. The van der Waals surface area contributed by atoms with Gasteiger partial charge in [-0.2, -0.15) is 5.10 Å². The van der Waals surface area contributed by atoms with E-state index in [1.54, 1.807) is 32.4 Å². The van der Waals surface area contributed by atoms with Gasteiger partial charge in [-0.15, -0.1) is 0 Å². The molecule has 0 atom stereocenters. The maximum atomic E-state index is 11.5. The van der Waals surface area contributed by atoms with Crippen LogP contribution in [0.1, 0.15) is 23.2 Å². The smallest absolute Gasteiger partial charge is 0.271 e. The van der Waals surface area contributed by atoms with Gasteiger partial charge in [0.2, 0.25) is 0 Å². The van der Waals surface area contributed by atoms with Crippen LogP contribution in [0.4, 0.5) is 5.82 Å². The number of anilines is 1. The van der Waals surface area contributed by atoms with Gasteiger partial charge in [-0.25, -0.2) is 14.6 Å². The minimum Gasteiger partial charge on any atom is -0.374 e. The largest absolute Gasteiger partial charge is 0.374 e. The zero-order valence-corrected chi connectivity index (χ0v) is 12.3. The minimum atomic E-state index is -0.244. The fraction of sp³-hybridized carbons (Fsp3) is 0.385. The average molecular weight is 290 g/mol. The van der Waals surface area contributed by atoms with Gasteiger partial charge in [-0.1, -0.05) is 0 Å². The van der Waals surface area contributed by atoms with Gasteiger partial charge in [0.15, 0.2) is 17.3 Å². The predicted molar refractivity (Wildman–Crippen MR) is 77.4 cm³/mol. The van der Waals surface area contributed by atoms with Crippen molar-refractivity contribution in [2.24, 2.45) is 0 Å². The van der Waals surface area contributed by atoms with E-state index in [-0.39, 0.29) is 5.91 Å². The van der Waals surface area contributed by atoms with Crippen molar-refractivity contribution in [2.45, 2.75) is 13.5 Å².